The molecule has 1 atom stereocenters. The quantitative estimate of drug-likeness (QED) is 0.842. The minimum absolute atomic E-state index is 0.208. The summed E-state index contributed by atoms with van der Waals surface area (Å²) in [4.78, 5) is 8.22. The van der Waals surface area contributed by atoms with Crippen molar-refractivity contribution >= 4 is 17.3 Å². The Balaban J connectivity index is 2.16. The molecule has 88 valence electrons. The van der Waals surface area contributed by atoms with Crippen molar-refractivity contribution in [2.45, 2.75) is 19.9 Å². The molecule has 0 saturated carbocycles. The highest BCUT2D eigenvalue weighted by Crippen LogP contribution is 2.21. The minimum Gasteiger partial charge on any atom is -0.377 e. The number of nitrogens with zero attached hydrogens (tertiary/aromatic N) is 2. The topological polar surface area (TPSA) is 37.8 Å². The third kappa shape index (κ3) is 2.94. The molecule has 0 aliphatic heterocycles. The fourth-order valence-electron chi connectivity index (χ4n) is 1.65. The van der Waals surface area contributed by atoms with E-state index in [2.05, 4.69) is 22.2 Å². The zero-order valence-electron chi connectivity index (χ0n) is 9.81. The largest absolute Gasteiger partial charge is 0.377 e. The lowest BCUT2D eigenvalue weighted by atomic mass is 10.1. The molecule has 1 N–H and O–H groups in total. The molecule has 0 saturated heterocycles. The van der Waals surface area contributed by atoms with Gasteiger partial charge in [0.1, 0.15) is 5.15 Å². The van der Waals surface area contributed by atoms with E-state index in [0.717, 1.165) is 11.4 Å². The Morgan fingerprint density at radius 3 is 2.53 bits per heavy atom. The van der Waals surface area contributed by atoms with Crippen molar-refractivity contribution in [3.05, 3.63) is 53.1 Å². The van der Waals surface area contributed by atoms with Crippen LogP contribution in [0.25, 0.3) is 0 Å². The van der Waals surface area contributed by atoms with Gasteiger partial charge in [0.05, 0.1) is 11.4 Å². The molecule has 0 amide bonds. The molecule has 2 rings (SSSR count). The van der Waals surface area contributed by atoms with E-state index in [-0.39, 0.29) is 6.04 Å². The Morgan fingerprint density at radius 2 is 1.88 bits per heavy atom. The lowest BCUT2D eigenvalue weighted by Gasteiger charge is -2.16. The van der Waals surface area contributed by atoms with Crippen molar-refractivity contribution in [2.75, 3.05) is 5.32 Å². The molecular weight excluding hydrogens is 234 g/mol. The molecule has 0 fully saturated rings. The Hall–Kier alpha value is -1.61. The van der Waals surface area contributed by atoms with Crippen molar-refractivity contribution in [1.82, 2.24) is 9.97 Å². The van der Waals surface area contributed by atoms with Crippen molar-refractivity contribution < 1.29 is 0 Å². The maximum Gasteiger partial charge on any atom is 0.129 e. The van der Waals surface area contributed by atoms with Crippen molar-refractivity contribution in [3.8, 4) is 0 Å². The molecule has 2 aromatic heterocycles. The number of aryl methyl sites for hydroxylation is 1. The highest BCUT2D eigenvalue weighted by atomic mass is 35.5. The maximum atomic E-state index is 5.82. The number of rotatable bonds is 3. The van der Waals surface area contributed by atoms with Crippen LogP contribution in [0.1, 0.15) is 24.2 Å². The lowest BCUT2D eigenvalue weighted by Crippen LogP contribution is -2.08. The van der Waals surface area contributed by atoms with Gasteiger partial charge in [0.15, 0.2) is 0 Å². The predicted molar refractivity (Wildman–Crippen MR) is 70.3 cm³/mol. The molecule has 2 aromatic rings. The predicted octanol–water partition coefficient (Wildman–Crippen LogP) is 3.61. The van der Waals surface area contributed by atoms with Gasteiger partial charge in [-0.15, -0.1) is 0 Å². The zero-order chi connectivity index (χ0) is 12.3. The average Bonchev–Trinajstić information content (AvgIpc) is 2.34. The van der Waals surface area contributed by atoms with E-state index in [1.807, 2.05) is 25.1 Å². The fraction of sp³-hybridized carbons (Fsp3) is 0.231. The van der Waals surface area contributed by atoms with Crippen molar-refractivity contribution in [2.24, 2.45) is 0 Å². The monoisotopic (exact) mass is 247 g/mol. The summed E-state index contributed by atoms with van der Waals surface area (Å²) in [6, 6.07) is 7.94. The summed E-state index contributed by atoms with van der Waals surface area (Å²) in [5.74, 6) is 0. The molecule has 0 radical (unpaired) electrons. The Bertz CT molecular complexity index is 499. The van der Waals surface area contributed by atoms with E-state index in [1.165, 1.54) is 5.56 Å². The number of nitrogens with one attached hydrogen (secondary N) is 1. The van der Waals surface area contributed by atoms with Gasteiger partial charge in [0, 0.05) is 18.4 Å². The van der Waals surface area contributed by atoms with Crippen LogP contribution < -0.4 is 5.32 Å². The van der Waals surface area contributed by atoms with Gasteiger partial charge >= 0.3 is 0 Å². The smallest absolute Gasteiger partial charge is 0.129 e. The van der Waals surface area contributed by atoms with Gasteiger partial charge in [0.2, 0.25) is 0 Å². The number of hydrogen-bond acceptors (Lipinski definition) is 3. The highest BCUT2D eigenvalue weighted by Gasteiger charge is 2.07. The van der Waals surface area contributed by atoms with Crippen LogP contribution in [0, 0.1) is 6.92 Å². The first-order valence-corrected chi connectivity index (χ1v) is 5.84. The molecule has 4 heteroatoms. The second-order valence-corrected chi connectivity index (χ2v) is 4.30. The summed E-state index contributed by atoms with van der Waals surface area (Å²) >= 11 is 5.82. The van der Waals surface area contributed by atoms with Gasteiger partial charge in [-0.3, -0.25) is 4.98 Å². The number of halogens is 1. The van der Waals surface area contributed by atoms with Crippen LogP contribution >= 0.6 is 11.6 Å². The number of hydrogen-bond donors (Lipinski definition) is 1. The first-order valence-electron chi connectivity index (χ1n) is 5.46. The van der Waals surface area contributed by atoms with Crippen molar-refractivity contribution in [1.29, 1.82) is 0 Å². The molecule has 0 spiro atoms. The molecule has 0 aromatic carbocycles. The van der Waals surface area contributed by atoms with Crippen LogP contribution in [0.2, 0.25) is 5.15 Å². The molecule has 2 heterocycles. The number of aromatic nitrogens is 2. The normalized spacial score (nSPS) is 12.2. The third-order valence-electron chi connectivity index (χ3n) is 2.63. The van der Waals surface area contributed by atoms with Crippen LogP contribution in [0.3, 0.4) is 0 Å². The number of pyridine rings is 2. The molecule has 0 aliphatic rings. The molecule has 17 heavy (non-hydrogen) atoms. The molecule has 0 aliphatic carbocycles. The van der Waals surface area contributed by atoms with Crippen LogP contribution in [-0.4, -0.2) is 9.97 Å². The Kier molecular flexibility index (Phi) is 3.59. The summed E-state index contributed by atoms with van der Waals surface area (Å²) in [7, 11) is 0. The van der Waals surface area contributed by atoms with E-state index < -0.39 is 0 Å². The first kappa shape index (κ1) is 11.9. The lowest BCUT2D eigenvalue weighted by molar-refractivity contribution is 0.875. The summed E-state index contributed by atoms with van der Waals surface area (Å²) in [5.41, 5.74) is 3.09. The van der Waals surface area contributed by atoms with E-state index in [4.69, 9.17) is 11.6 Å². The van der Waals surface area contributed by atoms with Gasteiger partial charge in [-0.1, -0.05) is 11.6 Å². The van der Waals surface area contributed by atoms with Gasteiger partial charge in [-0.05, 0) is 43.7 Å². The molecule has 1 unspecified atom stereocenters. The Morgan fingerprint density at radius 1 is 1.18 bits per heavy atom. The summed E-state index contributed by atoms with van der Waals surface area (Å²) in [5, 5.41) is 3.92. The average molecular weight is 248 g/mol. The van der Waals surface area contributed by atoms with E-state index in [1.54, 1.807) is 18.5 Å². The molecular formula is C13H14ClN3. The van der Waals surface area contributed by atoms with E-state index in [9.17, 15) is 0 Å². The minimum atomic E-state index is 0.208. The third-order valence-corrected chi connectivity index (χ3v) is 2.84. The second kappa shape index (κ2) is 5.15. The highest BCUT2D eigenvalue weighted by molar-refractivity contribution is 6.29. The van der Waals surface area contributed by atoms with Gasteiger partial charge in [-0.2, -0.15) is 0 Å². The van der Waals surface area contributed by atoms with Gasteiger partial charge < -0.3 is 5.32 Å². The van der Waals surface area contributed by atoms with E-state index >= 15 is 0 Å². The summed E-state index contributed by atoms with van der Waals surface area (Å²) in [6.07, 6.45) is 3.58. The summed E-state index contributed by atoms with van der Waals surface area (Å²) < 4.78 is 0. The maximum absolute atomic E-state index is 5.82. The molecule has 3 nitrogen and oxygen atoms in total. The Labute approximate surface area is 106 Å². The van der Waals surface area contributed by atoms with Crippen LogP contribution in [0.4, 0.5) is 5.69 Å². The van der Waals surface area contributed by atoms with E-state index in [0.29, 0.717) is 5.15 Å². The first-order chi connectivity index (χ1) is 8.16. The van der Waals surface area contributed by atoms with Crippen LogP contribution in [0.5, 0.6) is 0 Å². The van der Waals surface area contributed by atoms with Gasteiger partial charge in [0.25, 0.3) is 0 Å². The number of anilines is 1. The van der Waals surface area contributed by atoms with Crippen molar-refractivity contribution in [3.63, 3.8) is 0 Å². The second-order valence-electron chi connectivity index (χ2n) is 3.91. The van der Waals surface area contributed by atoms with Gasteiger partial charge in [-0.25, -0.2) is 4.98 Å². The fourth-order valence-corrected chi connectivity index (χ4v) is 1.84. The van der Waals surface area contributed by atoms with Crippen LogP contribution in [-0.2, 0) is 0 Å². The zero-order valence-corrected chi connectivity index (χ0v) is 10.6. The SMILES string of the molecule is Cc1nc(Cl)ccc1NC(C)c1ccncc1. The standard InChI is InChI=1S/C13H14ClN3/c1-9(11-5-7-15-8-6-11)16-12-3-4-13(14)17-10(12)2/h3-9,16H,1-2H3. The summed E-state index contributed by atoms with van der Waals surface area (Å²) in [6.45, 7) is 4.04. The van der Waals surface area contributed by atoms with Crippen LogP contribution in [0.15, 0.2) is 36.7 Å². The molecule has 0 bridgehead atoms.